The highest BCUT2D eigenvalue weighted by Crippen LogP contribution is 2.23. The molecule has 1 aliphatic rings. The number of ether oxygens (including phenoxy) is 1. The first-order valence-corrected chi connectivity index (χ1v) is 7.86. The Morgan fingerprint density at radius 1 is 1.20 bits per heavy atom. The minimum atomic E-state index is 0.536. The van der Waals surface area contributed by atoms with Crippen molar-refractivity contribution in [3.8, 4) is 5.75 Å². The minimum Gasteiger partial charge on any atom is -0.491 e. The van der Waals surface area contributed by atoms with Crippen LogP contribution in [-0.4, -0.2) is 31.1 Å². The van der Waals surface area contributed by atoms with Crippen LogP contribution < -0.4 is 10.5 Å². The van der Waals surface area contributed by atoms with Crippen molar-refractivity contribution < 1.29 is 4.74 Å². The molecule has 0 aliphatic carbocycles. The monoisotopic (exact) mass is 276 g/mol. The number of aryl methyl sites for hydroxylation is 1. The van der Waals surface area contributed by atoms with Gasteiger partial charge in [-0.25, -0.2) is 0 Å². The van der Waals surface area contributed by atoms with Gasteiger partial charge in [-0.1, -0.05) is 25.8 Å². The molecular weight excluding hydrogens is 248 g/mol. The van der Waals surface area contributed by atoms with E-state index in [1.807, 2.05) is 25.1 Å². The van der Waals surface area contributed by atoms with Gasteiger partial charge in [-0.15, -0.1) is 0 Å². The van der Waals surface area contributed by atoms with Gasteiger partial charge in [0.1, 0.15) is 5.75 Å². The topological polar surface area (TPSA) is 38.5 Å². The Kier molecular flexibility index (Phi) is 5.72. The number of anilines is 1. The van der Waals surface area contributed by atoms with Crippen molar-refractivity contribution in [1.82, 2.24) is 4.90 Å². The fourth-order valence-electron chi connectivity index (χ4n) is 2.84. The highest BCUT2D eigenvalue weighted by Gasteiger charge is 2.13. The van der Waals surface area contributed by atoms with Crippen molar-refractivity contribution in [2.24, 2.45) is 5.92 Å². The zero-order valence-corrected chi connectivity index (χ0v) is 12.9. The zero-order chi connectivity index (χ0) is 14.4. The van der Waals surface area contributed by atoms with Crippen LogP contribution in [0.25, 0.3) is 0 Å². The highest BCUT2D eigenvalue weighted by molar-refractivity contribution is 5.53. The Labute approximate surface area is 123 Å². The van der Waals surface area contributed by atoms with Crippen molar-refractivity contribution in [2.75, 3.05) is 32.0 Å². The molecule has 1 saturated heterocycles. The smallest absolute Gasteiger partial charge is 0.142 e. The maximum Gasteiger partial charge on any atom is 0.142 e. The van der Waals surface area contributed by atoms with E-state index in [-0.39, 0.29) is 0 Å². The SMILES string of the molecule is Cc1ccc(OCC(C)CN2CCCCCC2)c(N)c1. The first-order valence-electron chi connectivity index (χ1n) is 7.86. The van der Waals surface area contributed by atoms with Crippen LogP contribution in [-0.2, 0) is 0 Å². The van der Waals surface area contributed by atoms with Gasteiger partial charge in [-0.05, 0) is 50.6 Å². The van der Waals surface area contributed by atoms with Gasteiger partial charge in [-0.2, -0.15) is 0 Å². The third kappa shape index (κ3) is 4.71. The lowest BCUT2D eigenvalue weighted by molar-refractivity contribution is 0.189. The lowest BCUT2D eigenvalue weighted by Gasteiger charge is -2.24. The summed E-state index contributed by atoms with van der Waals surface area (Å²) in [6.45, 7) is 8.67. The summed E-state index contributed by atoms with van der Waals surface area (Å²) in [5.74, 6) is 1.35. The second-order valence-electron chi connectivity index (χ2n) is 6.17. The molecule has 0 bridgehead atoms. The number of hydrogen-bond donors (Lipinski definition) is 1. The number of rotatable bonds is 5. The Balaban J connectivity index is 1.77. The quantitative estimate of drug-likeness (QED) is 0.837. The molecule has 1 heterocycles. The van der Waals surface area contributed by atoms with Crippen LogP contribution >= 0.6 is 0 Å². The van der Waals surface area contributed by atoms with Crippen LogP contribution in [0.1, 0.15) is 38.2 Å². The molecule has 1 unspecified atom stereocenters. The van der Waals surface area contributed by atoms with E-state index in [1.165, 1.54) is 44.3 Å². The van der Waals surface area contributed by atoms with Crippen LogP contribution in [0.3, 0.4) is 0 Å². The number of likely N-dealkylation sites (tertiary alicyclic amines) is 1. The number of nitrogens with two attached hydrogens (primary N) is 1. The van der Waals surface area contributed by atoms with E-state index in [2.05, 4.69) is 11.8 Å². The summed E-state index contributed by atoms with van der Waals surface area (Å²) >= 11 is 0. The first-order chi connectivity index (χ1) is 9.65. The molecule has 3 heteroatoms. The summed E-state index contributed by atoms with van der Waals surface area (Å²) in [5, 5.41) is 0. The molecule has 20 heavy (non-hydrogen) atoms. The third-order valence-electron chi connectivity index (χ3n) is 3.96. The highest BCUT2D eigenvalue weighted by atomic mass is 16.5. The van der Waals surface area contributed by atoms with E-state index in [9.17, 15) is 0 Å². The number of nitrogen functional groups attached to an aromatic ring is 1. The minimum absolute atomic E-state index is 0.536. The second-order valence-corrected chi connectivity index (χ2v) is 6.17. The Morgan fingerprint density at radius 3 is 2.55 bits per heavy atom. The van der Waals surface area contributed by atoms with E-state index < -0.39 is 0 Å². The van der Waals surface area contributed by atoms with E-state index in [0.717, 1.165) is 24.6 Å². The van der Waals surface area contributed by atoms with Crippen molar-refractivity contribution in [2.45, 2.75) is 39.5 Å². The fraction of sp³-hybridized carbons (Fsp3) is 0.647. The summed E-state index contributed by atoms with van der Waals surface area (Å²) in [6.07, 6.45) is 5.47. The van der Waals surface area contributed by atoms with Crippen LogP contribution in [0.4, 0.5) is 5.69 Å². The average molecular weight is 276 g/mol. The molecule has 1 aromatic carbocycles. The zero-order valence-electron chi connectivity index (χ0n) is 12.9. The van der Waals surface area contributed by atoms with Crippen LogP contribution in [0.15, 0.2) is 18.2 Å². The van der Waals surface area contributed by atoms with Crippen molar-refractivity contribution >= 4 is 5.69 Å². The molecule has 1 aromatic rings. The molecule has 2 N–H and O–H groups in total. The van der Waals surface area contributed by atoms with E-state index in [1.54, 1.807) is 0 Å². The largest absolute Gasteiger partial charge is 0.491 e. The lowest BCUT2D eigenvalue weighted by atomic mass is 10.1. The summed E-state index contributed by atoms with van der Waals surface area (Å²) in [4.78, 5) is 2.58. The fourth-order valence-corrected chi connectivity index (χ4v) is 2.84. The van der Waals surface area contributed by atoms with Gasteiger partial charge in [0.25, 0.3) is 0 Å². The number of hydrogen-bond acceptors (Lipinski definition) is 3. The molecule has 1 atom stereocenters. The molecule has 2 rings (SSSR count). The molecule has 0 radical (unpaired) electrons. The Bertz CT molecular complexity index is 411. The summed E-state index contributed by atoms with van der Waals surface area (Å²) in [5.41, 5.74) is 7.89. The Hall–Kier alpha value is -1.22. The van der Waals surface area contributed by atoms with Crippen LogP contribution in [0, 0.1) is 12.8 Å². The standard InChI is InChI=1S/C17H28N2O/c1-14-7-8-17(16(18)11-14)20-13-15(2)12-19-9-5-3-4-6-10-19/h7-8,11,15H,3-6,9-10,12-13,18H2,1-2H3. The molecule has 0 amide bonds. The number of nitrogens with zero attached hydrogens (tertiary/aromatic N) is 1. The number of benzene rings is 1. The first kappa shape index (κ1) is 15.2. The lowest BCUT2D eigenvalue weighted by Crippen LogP contribution is -2.31. The predicted molar refractivity (Wildman–Crippen MR) is 85.2 cm³/mol. The predicted octanol–water partition coefficient (Wildman–Crippen LogP) is 3.47. The third-order valence-corrected chi connectivity index (χ3v) is 3.96. The van der Waals surface area contributed by atoms with Gasteiger partial charge in [-0.3, -0.25) is 0 Å². The van der Waals surface area contributed by atoms with Crippen molar-refractivity contribution in [3.63, 3.8) is 0 Å². The average Bonchev–Trinajstić information content (AvgIpc) is 2.66. The van der Waals surface area contributed by atoms with Gasteiger partial charge >= 0.3 is 0 Å². The van der Waals surface area contributed by atoms with Gasteiger partial charge in [0.2, 0.25) is 0 Å². The molecule has 3 nitrogen and oxygen atoms in total. The van der Waals surface area contributed by atoms with E-state index in [0.29, 0.717) is 5.92 Å². The van der Waals surface area contributed by atoms with Gasteiger partial charge in [0.15, 0.2) is 0 Å². The Morgan fingerprint density at radius 2 is 1.90 bits per heavy atom. The molecule has 0 spiro atoms. The molecular formula is C17H28N2O. The maximum atomic E-state index is 5.98. The van der Waals surface area contributed by atoms with Gasteiger partial charge in [0.05, 0.1) is 12.3 Å². The molecule has 0 saturated carbocycles. The second kappa shape index (κ2) is 7.53. The molecule has 0 aromatic heterocycles. The van der Waals surface area contributed by atoms with Gasteiger partial charge < -0.3 is 15.4 Å². The van der Waals surface area contributed by atoms with Crippen molar-refractivity contribution in [3.05, 3.63) is 23.8 Å². The van der Waals surface area contributed by atoms with Gasteiger partial charge in [0, 0.05) is 12.5 Å². The van der Waals surface area contributed by atoms with Crippen LogP contribution in [0.5, 0.6) is 5.75 Å². The normalized spacial score (nSPS) is 18.5. The molecule has 1 aliphatic heterocycles. The maximum absolute atomic E-state index is 5.98. The van der Waals surface area contributed by atoms with Crippen molar-refractivity contribution in [1.29, 1.82) is 0 Å². The van der Waals surface area contributed by atoms with Crippen LogP contribution in [0.2, 0.25) is 0 Å². The summed E-state index contributed by atoms with van der Waals surface area (Å²) in [6, 6.07) is 5.99. The summed E-state index contributed by atoms with van der Waals surface area (Å²) < 4.78 is 5.87. The molecule has 112 valence electrons. The van der Waals surface area contributed by atoms with E-state index >= 15 is 0 Å². The molecule has 1 fully saturated rings. The summed E-state index contributed by atoms with van der Waals surface area (Å²) in [7, 11) is 0. The van der Waals surface area contributed by atoms with E-state index in [4.69, 9.17) is 10.5 Å².